The van der Waals surface area contributed by atoms with Gasteiger partial charge in [0.25, 0.3) is 0 Å². The SMILES string of the molecule is CCCC1C=CC(C)=CC(c2cc(C)cc(-n3cc(C)c[n+]3C)[n+]2C)=C1. The molecule has 1 atom stereocenters. The summed E-state index contributed by atoms with van der Waals surface area (Å²) in [7, 11) is 4.25. The molecule has 2 aromatic heterocycles. The molecule has 2 aromatic rings. The Morgan fingerprint density at radius 1 is 1.08 bits per heavy atom. The van der Waals surface area contributed by atoms with Gasteiger partial charge in [0.1, 0.15) is 5.69 Å². The van der Waals surface area contributed by atoms with Crippen molar-refractivity contribution in [1.82, 2.24) is 4.68 Å². The van der Waals surface area contributed by atoms with Crippen LogP contribution in [-0.2, 0) is 14.1 Å². The second kappa shape index (κ2) is 7.45. The number of pyridine rings is 1. The molecule has 0 aliphatic heterocycles. The number of allylic oxidation sites excluding steroid dienone is 6. The molecule has 1 aliphatic carbocycles. The minimum atomic E-state index is 0.498. The number of rotatable bonds is 4. The van der Waals surface area contributed by atoms with Crippen molar-refractivity contribution in [3.8, 4) is 5.82 Å². The molecule has 0 bridgehead atoms. The normalized spacial score (nSPS) is 17.1. The van der Waals surface area contributed by atoms with Crippen LogP contribution in [0.4, 0.5) is 0 Å². The number of aryl methyl sites for hydroxylation is 3. The summed E-state index contributed by atoms with van der Waals surface area (Å²) in [4.78, 5) is 0. The third kappa shape index (κ3) is 3.72. The topological polar surface area (TPSA) is 12.7 Å². The highest BCUT2D eigenvalue weighted by atomic mass is 15.4. The highest BCUT2D eigenvalue weighted by Crippen LogP contribution is 2.25. The van der Waals surface area contributed by atoms with Crippen LogP contribution in [0.25, 0.3) is 11.4 Å². The van der Waals surface area contributed by atoms with Gasteiger partial charge in [0, 0.05) is 16.3 Å². The molecular formula is C23H31N3+2. The summed E-state index contributed by atoms with van der Waals surface area (Å²) in [6, 6.07) is 4.54. The minimum Gasteiger partial charge on any atom is -0.225 e. The number of nitrogens with zero attached hydrogens (tertiary/aromatic N) is 3. The summed E-state index contributed by atoms with van der Waals surface area (Å²) in [5.41, 5.74) is 6.41. The van der Waals surface area contributed by atoms with Gasteiger partial charge in [0.15, 0.2) is 13.2 Å². The number of hydrogen-bond donors (Lipinski definition) is 0. The first-order chi connectivity index (χ1) is 12.4. The van der Waals surface area contributed by atoms with E-state index in [9.17, 15) is 0 Å². The summed E-state index contributed by atoms with van der Waals surface area (Å²) in [6.07, 6.45) is 16.1. The van der Waals surface area contributed by atoms with Crippen LogP contribution in [0.3, 0.4) is 0 Å². The maximum absolute atomic E-state index is 2.43. The van der Waals surface area contributed by atoms with E-state index in [1.54, 1.807) is 0 Å². The maximum atomic E-state index is 2.43. The monoisotopic (exact) mass is 349 g/mol. The summed E-state index contributed by atoms with van der Waals surface area (Å²) in [5.74, 6) is 1.67. The Bertz CT molecular complexity index is 910. The molecular weight excluding hydrogens is 318 g/mol. The van der Waals surface area contributed by atoms with Gasteiger partial charge in [-0.05, 0) is 55.5 Å². The molecule has 0 aromatic carbocycles. The largest absolute Gasteiger partial charge is 0.342 e. The predicted octanol–water partition coefficient (Wildman–Crippen LogP) is 4.06. The predicted molar refractivity (Wildman–Crippen MR) is 107 cm³/mol. The average molecular weight is 350 g/mol. The highest BCUT2D eigenvalue weighted by molar-refractivity contribution is 5.73. The van der Waals surface area contributed by atoms with Crippen LogP contribution in [0.15, 0.2) is 54.4 Å². The van der Waals surface area contributed by atoms with Gasteiger partial charge in [0.05, 0.1) is 12.6 Å². The van der Waals surface area contributed by atoms with E-state index in [-0.39, 0.29) is 0 Å². The molecule has 0 N–H and O–H groups in total. The quantitative estimate of drug-likeness (QED) is 0.739. The molecule has 2 heterocycles. The zero-order chi connectivity index (χ0) is 18.8. The van der Waals surface area contributed by atoms with Crippen LogP contribution < -0.4 is 9.25 Å². The van der Waals surface area contributed by atoms with Gasteiger partial charge >= 0.3 is 5.82 Å². The molecule has 0 saturated heterocycles. The molecule has 3 heteroatoms. The van der Waals surface area contributed by atoms with Crippen LogP contribution in [0.5, 0.6) is 0 Å². The van der Waals surface area contributed by atoms with E-state index >= 15 is 0 Å². The lowest BCUT2D eigenvalue weighted by Gasteiger charge is -2.11. The van der Waals surface area contributed by atoms with Crippen molar-refractivity contribution in [2.45, 2.75) is 40.5 Å². The van der Waals surface area contributed by atoms with Crippen LogP contribution in [-0.4, -0.2) is 4.68 Å². The fourth-order valence-electron chi connectivity index (χ4n) is 3.75. The van der Waals surface area contributed by atoms with E-state index in [0.29, 0.717) is 5.92 Å². The zero-order valence-electron chi connectivity index (χ0n) is 17.0. The molecule has 0 saturated carbocycles. The van der Waals surface area contributed by atoms with E-state index in [0.717, 1.165) is 0 Å². The molecule has 26 heavy (non-hydrogen) atoms. The molecule has 1 aliphatic rings. The first kappa shape index (κ1) is 18.4. The van der Waals surface area contributed by atoms with Crippen molar-refractivity contribution in [2.24, 2.45) is 20.0 Å². The Morgan fingerprint density at radius 2 is 1.85 bits per heavy atom. The lowest BCUT2D eigenvalue weighted by molar-refractivity contribution is -0.765. The summed E-state index contributed by atoms with van der Waals surface area (Å²) < 4.78 is 6.65. The van der Waals surface area contributed by atoms with E-state index in [1.807, 2.05) is 0 Å². The van der Waals surface area contributed by atoms with E-state index in [1.165, 1.54) is 46.6 Å². The van der Waals surface area contributed by atoms with Crippen LogP contribution in [0.2, 0.25) is 0 Å². The lowest BCUT2D eigenvalue weighted by Crippen LogP contribution is -2.46. The van der Waals surface area contributed by atoms with Gasteiger partial charge in [-0.15, -0.1) is 0 Å². The van der Waals surface area contributed by atoms with Crippen molar-refractivity contribution in [1.29, 1.82) is 0 Å². The Balaban J connectivity index is 2.16. The molecule has 1 unspecified atom stereocenters. The smallest absolute Gasteiger partial charge is 0.225 e. The van der Waals surface area contributed by atoms with Gasteiger partial charge in [-0.1, -0.05) is 37.1 Å². The Hall–Kier alpha value is -2.42. The third-order valence-corrected chi connectivity index (χ3v) is 5.02. The van der Waals surface area contributed by atoms with E-state index < -0.39 is 0 Å². The van der Waals surface area contributed by atoms with Crippen molar-refractivity contribution < 1.29 is 9.25 Å². The highest BCUT2D eigenvalue weighted by Gasteiger charge is 2.23. The van der Waals surface area contributed by atoms with Gasteiger partial charge in [-0.2, -0.15) is 0 Å². The molecule has 0 amide bonds. The number of aromatic nitrogens is 3. The average Bonchev–Trinajstić information content (AvgIpc) is 2.80. The van der Waals surface area contributed by atoms with Crippen LogP contribution in [0, 0.1) is 19.8 Å². The summed E-state index contributed by atoms with van der Waals surface area (Å²) in [6.45, 7) is 8.75. The molecule has 3 rings (SSSR count). The molecule has 0 radical (unpaired) electrons. The van der Waals surface area contributed by atoms with Gasteiger partial charge in [0.2, 0.25) is 6.20 Å². The van der Waals surface area contributed by atoms with E-state index in [4.69, 9.17) is 0 Å². The Labute approximate surface area is 157 Å². The third-order valence-electron chi connectivity index (χ3n) is 5.02. The maximum Gasteiger partial charge on any atom is 0.342 e. The standard InChI is InChI=1S/C23H31N3/c1-7-8-20-10-9-17(2)11-21(14-20)22-12-18(3)13-23(25(22)6)26-16-19(4)15-24(26)5/h9-16,20H,7-8H2,1-6H3/q+2. The minimum absolute atomic E-state index is 0.498. The fourth-order valence-corrected chi connectivity index (χ4v) is 3.75. The van der Waals surface area contributed by atoms with Gasteiger partial charge in [-0.3, -0.25) is 0 Å². The second-order valence-corrected chi connectivity index (χ2v) is 7.58. The second-order valence-electron chi connectivity index (χ2n) is 7.58. The number of hydrogen-bond acceptors (Lipinski definition) is 0. The van der Waals surface area contributed by atoms with Crippen molar-refractivity contribution >= 4 is 5.57 Å². The van der Waals surface area contributed by atoms with Gasteiger partial charge in [-0.25, -0.2) is 4.57 Å². The first-order valence-electron chi connectivity index (χ1n) is 9.53. The zero-order valence-corrected chi connectivity index (χ0v) is 17.0. The fraction of sp³-hybridized carbons (Fsp3) is 0.391. The molecule has 3 nitrogen and oxygen atoms in total. The van der Waals surface area contributed by atoms with Crippen molar-refractivity contribution in [3.05, 3.63) is 71.2 Å². The molecule has 0 spiro atoms. The Morgan fingerprint density at radius 3 is 2.50 bits per heavy atom. The Kier molecular flexibility index (Phi) is 5.26. The lowest BCUT2D eigenvalue weighted by atomic mass is 9.99. The van der Waals surface area contributed by atoms with Crippen molar-refractivity contribution in [2.75, 3.05) is 0 Å². The molecule has 136 valence electrons. The van der Waals surface area contributed by atoms with E-state index in [2.05, 4.69) is 105 Å². The summed E-state index contributed by atoms with van der Waals surface area (Å²) in [5, 5.41) is 0. The van der Waals surface area contributed by atoms with Crippen LogP contribution >= 0.6 is 0 Å². The first-order valence-corrected chi connectivity index (χ1v) is 9.53. The van der Waals surface area contributed by atoms with Crippen molar-refractivity contribution in [3.63, 3.8) is 0 Å². The van der Waals surface area contributed by atoms with Crippen LogP contribution in [0.1, 0.15) is 43.5 Å². The summed E-state index contributed by atoms with van der Waals surface area (Å²) >= 11 is 0. The molecule has 0 fully saturated rings. The van der Waals surface area contributed by atoms with Gasteiger partial charge < -0.3 is 0 Å².